The van der Waals surface area contributed by atoms with Gasteiger partial charge in [0.25, 0.3) is 0 Å². The van der Waals surface area contributed by atoms with Crippen LogP contribution >= 0.6 is 0 Å². The minimum atomic E-state index is -4.46. The number of hydrogen-bond donors (Lipinski definition) is 0. The van der Waals surface area contributed by atoms with Crippen LogP contribution in [0.1, 0.15) is 29.3 Å². The van der Waals surface area contributed by atoms with E-state index >= 15 is 0 Å². The van der Waals surface area contributed by atoms with Gasteiger partial charge in [-0.25, -0.2) is 0 Å². The molecule has 6 heteroatoms. The molecule has 0 N–H and O–H groups in total. The fourth-order valence-electron chi connectivity index (χ4n) is 2.74. The lowest BCUT2D eigenvalue weighted by atomic mass is 10.0. The van der Waals surface area contributed by atoms with Crippen LogP contribution in [0.5, 0.6) is 0 Å². The smallest absolute Gasteiger partial charge is 0.368 e. The second kappa shape index (κ2) is 6.05. The second-order valence-corrected chi connectivity index (χ2v) is 5.38. The number of hydrogen-bond acceptors (Lipinski definition) is 3. The first kappa shape index (κ1) is 15.8. The minimum Gasteiger partial charge on any atom is -0.368 e. The molecular formula is C15H19F3N2O. The molecule has 1 aromatic carbocycles. The third kappa shape index (κ3) is 3.37. The van der Waals surface area contributed by atoms with Gasteiger partial charge in [-0.05, 0) is 31.7 Å². The summed E-state index contributed by atoms with van der Waals surface area (Å²) in [7, 11) is 1.99. The lowest BCUT2D eigenvalue weighted by molar-refractivity contribution is -0.137. The molecule has 0 radical (unpaired) electrons. The molecule has 1 aliphatic heterocycles. The average molecular weight is 300 g/mol. The van der Waals surface area contributed by atoms with Crippen LogP contribution in [0.3, 0.4) is 0 Å². The van der Waals surface area contributed by atoms with Crippen LogP contribution in [0.2, 0.25) is 0 Å². The maximum atomic E-state index is 13.2. The number of carbonyl (C=O) groups is 1. The first-order valence-corrected chi connectivity index (χ1v) is 6.98. The molecule has 0 spiro atoms. The van der Waals surface area contributed by atoms with Gasteiger partial charge in [-0.15, -0.1) is 0 Å². The molecular weight excluding hydrogens is 281 g/mol. The maximum absolute atomic E-state index is 13.2. The van der Waals surface area contributed by atoms with Crippen LogP contribution in [-0.2, 0) is 6.18 Å². The summed E-state index contributed by atoms with van der Waals surface area (Å²) in [5.41, 5.74) is -0.515. The molecule has 0 aliphatic carbocycles. The number of nitrogens with zero attached hydrogens (tertiary/aromatic N) is 2. The third-order valence-corrected chi connectivity index (χ3v) is 4.05. The van der Waals surface area contributed by atoms with Gasteiger partial charge in [0, 0.05) is 36.9 Å². The minimum absolute atomic E-state index is 0.0484. The summed E-state index contributed by atoms with van der Waals surface area (Å²) >= 11 is 0. The standard InChI is InChI=1S/C15H19F3N2O/c1-3-12-9-20(7-6-19(12)2)14-5-4-11(10-21)8-13(14)15(16,17)18/h4-5,8,10,12H,3,6-7,9H2,1-2H3. The van der Waals surface area contributed by atoms with Crippen molar-refractivity contribution in [1.29, 1.82) is 0 Å². The van der Waals surface area contributed by atoms with Crippen molar-refractivity contribution in [3.05, 3.63) is 29.3 Å². The largest absolute Gasteiger partial charge is 0.418 e. The van der Waals surface area contributed by atoms with Gasteiger partial charge in [-0.3, -0.25) is 9.69 Å². The molecule has 3 nitrogen and oxygen atoms in total. The zero-order valence-corrected chi connectivity index (χ0v) is 12.2. The zero-order chi connectivity index (χ0) is 15.6. The summed E-state index contributed by atoms with van der Waals surface area (Å²) < 4.78 is 39.7. The molecule has 21 heavy (non-hydrogen) atoms. The first-order valence-electron chi connectivity index (χ1n) is 6.98. The van der Waals surface area contributed by atoms with Gasteiger partial charge in [0.05, 0.1) is 5.56 Å². The van der Waals surface area contributed by atoms with Gasteiger partial charge >= 0.3 is 6.18 Å². The van der Waals surface area contributed by atoms with Crippen molar-refractivity contribution in [2.24, 2.45) is 0 Å². The van der Waals surface area contributed by atoms with Gasteiger partial charge in [0.2, 0.25) is 0 Å². The number of rotatable bonds is 3. The van der Waals surface area contributed by atoms with E-state index in [1.54, 1.807) is 4.90 Å². The molecule has 2 rings (SSSR count). The lowest BCUT2D eigenvalue weighted by Gasteiger charge is -2.41. The number of anilines is 1. The Labute approximate surface area is 122 Å². The highest BCUT2D eigenvalue weighted by Gasteiger charge is 2.36. The van der Waals surface area contributed by atoms with Gasteiger partial charge in [-0.1, -0.05) is 6.92 Å². The highest BCUT2D eigenvalue weighted by Crippen LogP contribution is 2.37. The van der Waals surface area contributed by atoms with E-state index in [1.807, 2.05) is 14.0 Å². The van der Waals surface area contributed by atoms with E-state index in [4.69, 9.17) is 0 Å². The molecule has 0 bridgehead atoms. The van der Waals surface area contributed by atoms with Gasteiger partial charge in [0.1, 0.15) is 6.29 Å². The van der Waals surface area contributed by atoms with E-state index in [0.717, 1.165) is 19.0 Å². The van der Waals surface area contributed by atoms with E-state index in [9.17, 15) is 18.0 Å². The van der Waals surface area contributed by atoms with Crippen LogP contribution in [-0.4, -0.2) is 43.9 Å². The van der Waals surface area contributed by atoms with E-state index in [1.165, 1.54) is 12.1 Å². The van der Waals surface area contributed by atoms with Crippen LogP contribution < -0.4 is 4.90 Å². The predicted octanol–water partition coefficient (Wildman–Crippen LogP) is 3.05. The summed E-state index contributed by atoms with van der Waals surface area (Å²) in [4.78, 5) is 14.7. The molecule has 1 unspecified atom stereocenters. The molecule has 1 aromatic rings. The number of alkyl halides is 3. The van der Waals surface area contributed by atoms with Crippen molar-refractivity contribution in [3.8, 4) is 0 Å². The highest BCUT2D eigenvalue weighted by molar-refractivity contribution is 5.77. The van der Waals surface area contributed by atoms with Gasteiger partial charge in [-0.2, -0.15) is 13.2 Å². The predicted molar refractivity (Wildman–Crippen MR) is 75.8 cm³/mol. The normalized spacial score (nSPS) is 20.6. The van der Waals surface area contributed by atoms with Crippen LogP contribution in [0, 0.1) is 0 Å². The van der Waals surface area contributed by atoms with Crippen molar-refractivity contribution in [2.45, 2.75) is 25.6 Å². The number of aldehydes is 1. The van der Waals surface area contributed by atoms with Crippen molar-refractivity contribution < 1.29 is 18.0 Å². The quantitative estimate of drug-likeness (QED) is 0.802. The summed E-state index contributed by atoms with van der Waals surface area (Å²) in [6, 6.07) is 4.02. The molecule has 116 valence electrons. The third-order valence-electron chi connectivity index (χ3n) is 4.05. The molecule has 0 saturated carbocycles. The van der Waals surface area contributed by atoms with Gasteiger partial charge in [0.15, 0.2) is 0 Å². The fraction of sp³-hybridized carbons (Fsp3) is 0.533. The maximum Gasteiger partial charge on any atom is 0.418 e. The lowest BCUT2D eigenvalue weighted by Crippen LogP contribution is -2.51. The molecule has 1 fully saturated rings. The summed E-state index contributed by atoms with van der Waals surface area (Å²) in [5, 5.41) is 0. The topological polar surface area (TPSA) is 23.6 Å². The SMILES string of the molecule is CCC1CN(c2ccc(C=O)cc2C(F)(F)F)CCN1C. The Kier molecular flexibility index (Phi) is 4.56. The highest BCUT2D eigenvalue weighted by atomic mass is 19.4. The fourth-order valence-corrected chi connectivity index (χ4v) is 2.74. The average Bonchev–Trinajstić information content (AvgIpc) is 2.46. The zero-order valence-electron chi connectivity index (χ0n) is 12.2. The Morgan fingerprint density at radius 1 is 1.33 bits per heavy atom. The van der Waals surface area contributed by atoms with Gasteiger partial charge < -0.3 is 4.90 Å². The Morgan fingerprint density at radius 2 is 2.05 bits per heavy atom. The van der Waals surface area contributed by atoms with Crippen molar-refractivity contribution in [3.63, 3.8) is 0 Å². The Bertz CT molecular complexity index is 516. The number of halogens is 3. The molecule has 1 heterocycles. The molecule has 0 amide bonds. The molecule has 1 saturated heterocycles. The molecule has 1 aliphatic rings. The molecule has 1 atom stereocenters. The van der Waals surface area contributed by atoms with Crippen LogP contribution in [0.25, 0.3) is 0 Å². The van der Waals surface area contributed by atoms with E-state index < -0.39 is 11.7 Å². The number of carbonyl (C=O) groups excluding carboxylic acids is 1. The van der Waals surface area contributed by atoms with E-state index in [0.29, 0.717) is 19.4 Å². The van der Waals surface area contributed by atoms with E-state index in [-0.39, 0.29) is 17.3 Å². The number of piperazine rings is 1. The summed E-state index contributed by atoms with van der Waals surface area (Å²) in [6.07, 6.45) is -3.13. The Hall–Kier alpha value is -1.56. The Balaban J connectivity index is 2.37. The monoisotopic (exact) mass is 300 g/mol. The second-order valence-electron chi connectivity index (χ2n) is 5.38. The van der Waals surface area contributed by atoms with Crippen LogP contribution in [0.15, 0.2) is 18.2 Å². The van der Waals surface area contributed by atoms with Crippen molar-refractivity contribution >= 4 is 12.0 Å². The van der Waals surface area contributed by atoms with Crippen molar-refractivity contribution in [1.82, 2.24) is 4.90 Å². The van der Waals surface area contributed by atoms with E-state index in [2.05, 4.69) is 4.90 Å². The number of likely N-dealkylation sites (N-methyl/N-ethyl adjacent to an activating group) is 1. The number of benzene rings is 1. The summed E-state index contributed by atoms with van der Waals surface area (Å²) in [5.74, 6) is 0. The Morgan fingerprint density at radius 3 is 2.62 bits per heavy atom. The van der Waals surface area contributed by atoms with Crippen LogP contribution in [0.4, 0.5) is 18.9 Å². The summed E-state index contributed by atoms with van der Waals surface area (Å²) in [6.45, 7) is 3.88. The first-order chi connectivity index (χ1) is 9.86. The van der Waals surface area contributed by atoms with Crippen molar-refractivity contribution in [2.75, 3.05) is 31.6 Å². The molecule has 0 aromatic heterocycles.